The molecule has 3 N–H and O–H groups in total. The SMILES string of the molecule is CNc1nc(SC)ncc1C(N)c1c(Cl)cccc1Cl. The van der Waals surface area contributed by atoms with E-state index >= 15 is 0 Å². The van der Waals surface area contributed by atoms with Gasteiger partial charge in [-0.1, -0.05) is 41.0 Å². The van der Waals surface area contributed by atoms with E-state index in [9.17, 15) is 0 Å². The molecule has 1 atom stereocenters. The maximum atomic E-state index is 6.29. The molecule has 2 rings (SSSR count). The molecule has 0 aliphatic rings. The zero-order valence-corrected chi connectivity index (χ0v) is 13.4. The Morgan fingerprint density at radius 1 is 1.30 bits per heavy atom. The highest BCUT2D eigenvalue weighted by Crippen LogP contribution is 2.34. The third-order valence-corrected chi connectivity index (χ3v) is 4.08. The Morgan fingerprint density at radius 2 is 1.95 bits per heavy atom. The fourth-order valence-electron chi connectivity index (χ4n) is 1.86. The Labute approximate surface area is 132 Å². The Kier molecular flexibility index (Phi) is 5.10. The molecule has 0 saturated carbocycles. The van der Waals surface area contributed by atoms with Gasteiger partial charge in [-0.3, -0.25) is 0 Å². The molecule has 0 aliphatic carbocycles. The summed E-state index contributed by atoms with van der Waals surface area (Å²) in [7, 11) is 1.79. The largest absolute Gasteiger partial charge is 0.373 e. The highest BCUT2D eigenvalue weighted by Gasteiger charge is 2.20. The summed E-state index contributed by atoms with van der Waals surface area (Å²) in [5, 5.41) is 4.76. The van der Waals surface area contributed by atoms with E-state index in [0.717, 1.165) is 5.56 Å². The van der Waals surface area contributed by atoms with Crippen molar-refractivity contribution < 1.29 is 0 Å². The topological polar surface area (TPSA) is 63.8 Å². The summed E-state index contributed by atoms with van der Waals surface area (Å²) >= 11 is 13.9. The van der Waals surface area contributed by atoms with E-state index in [1.54, 1.807) is 31.4 Å². The molecular weight excluding hydrogens is 315 g/mol. The summed E-state index contributed by atoms with van der Waals surface area (Å²) in [6.07, 6.45) is 3.62. The van der Waals surface area contributed by atoms with Crippen LogP contribution in [0.1, 0.15) is 17.2 Å². The van der Waals surface area contributed by atoms with Crippen LogP contribution in [-0.2, 0) is 0 Å². The van der Waals surface area contributed by atoms with Crippen LogP contribution in [0, 0.1) is 0 Å². The molecule has 4 nitrogen and oxygen atoms in total. The number of aromatic nitrogens is 2. The van der Waals surface area contributed by atoms with Crippen LogP contribution in [0.5, 0.6) is 0 Å². The number of anilines is 1. The number of halogens is 2. The van der Waals surface area contributed by atoms with Crippen LogP contribution in [0.3, 0.4) is 0 Å². The second kappa shape index (κ2) is 6.63. The number of nitrogens with two attached hydrogens (primary N) is 1. The lowest BCUT2D eigenvalue weighted by Crippen LogP contribution is -2.16. The molecule has 0 saturated heterocycles. The summed E-state index contributed by atoms with van der Waals surface area (Å²) in [4.78, 5) is 8.65. The standard InChI is InChI=1S/C13H14Cl2N4S/c1-17-12-7(6-18-13(19-12)20-2)11(16)10-8(14)4-3-5-9(10)15/h3-6,11H,16H2,1-2H3,(H,17,18,19). The van der Waals surface area contributed by atoms with Crippen LogP contribution in [0.25, 0.3) is 0 Å². The normalized spacial score (nSPS) is 12.2. The second-order valence-corrected chi connectivity index (χ2v) is 5.61. The van der Waals surface area contributed by atoms with Crippen LogP contribution >= 0.6 is 35.0 Å². The number of thioether (sulfide) groups is 1. The Hall–Kier alpha value is -1.01. The fourth-order valence-corrected chi connectivity index (χ4v) is 2.84. The van der Waals surface area contributed by atoms with Crippen LogP contribution in [0.2, 0.25) is 10.0 Å². The average Bonchev–Trinajstić information content (AvgIpc) is 2.46. The van der Waals surface area contributed by atoms with Gasteiger partial charge in [0, 0.05) is 34.4 Å². The minimum atomic E-state index is -0.491. The predicted octanol–water partition coefficient (Wildman–Crippen LogP) is 3.60. The van der Waals surface area contributed by atoms with Crippen molar-refractivity contribution in [1.82, 2.24) is 9.97 Å². The lowest BCUT2D eigenvalue weighted by molar-refractivity contribution is 0.830. The monoisotopic (exact) mass is 328 g/mol. The lowest BCUT2D eigenvalue weighted by atomic mass is 10.0. The zero-order valence-electron chi connectivity index (χ0n) is 11.0. The van der Waals surface area contributed by atoms with Gasteiger partial charge in [0.05, 0.1) is 6.04 Å². The Balaban J connectivity index is 2.50. The molecule has 1 aromatic carbocycles. The van der Waals surface area contributed by atoms with Gasteiger partial charge in [0.2, 0.25) is 0 Å². The molecule has 0 amide bonds. The highest BCUT2D eigenvalue weighted by molar-refractivity contribution is 7.98. The molecule has 2 aromatic rings. The van der Waals surface area contributed by atoms with Gasteiger partial charge in [-0.25, -0.2) is 9.97 Å². The second-order valence-electron chi connectivity index (χ2n) is 4.02. The molecule has 1 unspecified atom stereocenters. The first kappa shape index (κ1) is 15.4. The van der Waals surface area contributed by atoms with Gasteiger partial charge in [-0.15, -0.1) is 0 Å². The van der Waals surface area contributed by atoms with Gasteiger partial charge in [-0.05, 0) is 18.4 Å². The van der Waals surface area contributed by atoms with Gasteiger partial charge in [0.25, 0.3) is 0 Å². The third kappa shape index (κ3) is 3.01. The Morgan fingerprint density at radius 3 is 2.50 bits per heavy atom. The number of nitrogens with one attached hydrogen (secondary N) is 1. The van der Waals surface area contributed by atoms with Crippen molar-refractivity contribution in [3.8, 4) is 0 Å². The first-order valence-electron chi connectivity index (χ1n) is 5.86. The van der Waals surface area contributed by atoms with Crippen molar-refractivity contribution in [1.29, 1.82) is 0 Å². The minimum Gasteiger partial charge on any atom is -0.373 e. The molecule has 0 fully saturated rings. The van der Waals surface area contributed by atoms with Gasteiger partial charge in [0.15, 0.2) is 5.16 Å². The quantitative estimate of drug-likeness (QED) is 0.663. The molecular formula is C13H14Cl2N4S. The van der Waals surface area contributed by atoms with Crippen LogP contribution < -0.4 is 11.1 Å². The predicted molar refractivity (Wildman–Crippen MR) is 85.9 cm³/mol. The van der Waals surface area contributed by atoms with Crippen molar-refractivity contribution in [2.75, 3.05) is 18.6 Å². The van der Waals surface area contributed by atoms with Crippen molar-refractivity contribution in [3.63, 3.8) is 0 Å². The number of nitrogens with zero attached hydrogens (tertiary/aromatic N) is 2. The van der Waals surface area contributed by atoms with Crippen LogP contribution in [0.4, 0.5) is 5.82 Å². The summed E-state index contributed by atoms with van der Waals surface area (Å²) in [6.45, 7) is 0. The van der Waals surface area contributed by atoms with E-state index in [-0.39, 0.29) is 0 Å². The summed E-state index contributed by atoms with van der Waals surface area (Å²) in [5.41, 5.74) is 7.71. The van der Waals surface area contributed by atoms with Crippen molar-refractivity contribution >= 4 is 40.8 Å². The maximum Gasteiger partial charge on any atom is 0.189 e. The first-order valence-corrected chi connectivity index (χ1v) is 7.84. The Bertz CT molecular complexity index is 601. The first-order chi connectivity index (χ1) is 9.58. The molecule has 0 aliphatic heterocycles. The number of hydrogen-bond donors (Lipinski definition) is 2. The molecule has 106 valence electrons. The molecule has 1 heterocycles. The van der Waals surface area contributed by atoms with Gasteiger partial charge < -0.3 is 11.1 Å². The van der Waals surface area contributed by atoms with Crippen molar-refractivity contribution in [2.24, 2.45) is 5.73 Å². The van der Waals surface area contributed by atoms with E-state index < -0.39 is 6.04 Å². The fraction of sp³-hybridized carbons (Fsp3) is 0.231. The molecule has 0 radical (unpaired) electrons. The van der Waals surface area contributed by atoms with Gasteiger partial charge >= 0.3 is 0 Å². The summed E-state index contributed by atoms with van der Waals surface area (Å²) in [5.74, 6) is 0.674. The number of benzene rings is 1. The van der Waals surface area contributed by atoms with Crippen LogP contribution in [0.15, 0.2) is 29.6 Å². The molecule has 0 bridgehead atoms. The summed E-state index contributed by atoms with van der Waals surface area (Å²) in [6, 6.07) is 4.82. The van der Waals surface area contributed by atoms with E-state index in [2.05, 4.69) is 15.3 Å². The third-order valence-electron chi connectivity index (χ3n) is 2.86. The van der Waals surface area contributed by atoms with E-state index in [0.29, 0.717) is 26.6 Å². The van der Waals surface area contributed by atoms with E-state index in [1.165, 1.54) is 11.8 Å². The minimum absolute atomic E-state index is 0.491. The number of rotatable bonds is 4. The van der Waals surface area contributed by atoms with Crippen molar-refractivity contribution in [3.05, 3.63) is 45.6 Å². The van der Waals surface area contributed by atoms with E-state index in [4.69, 9.17) is 28.9 Å². The molecule has 0 spiro atoms. The molecule has 20 heavy (non-hydrogen) atoms. The lowest BCUT2D eigenvalue weighted by Gasteiger charge is -2.18. The maximum absolute atomic E-state index is 6.29. The number of hydrogen-bond acceptors (Lipinski definition) is 5. The van der Waals surface area contributed by atoms with Gasteiger partial charge in [0.1, 0.15) is 5.82 Å². The van der Waals surface area contributed by atoms with Crippen LogP contribution in [-0.4, -0.2) is 23.3 Å². The van der Waals surface area contributed by atoms with Crippen molar-refractivity contribution in [2.45, 2.75) is 11.2 Å². The highest BCUT2D eigenvalue weighted by atomic mass is 35.5. The van der Waals surface area contributed by atoms with Gasteiger partial charge in [-0.2, -0.15) is 0 Å². The summed E-state index contributed by atoms with van der Waals surface area (Å²) < 4.78 is 0. The zero-order chi connectivity index (χ0) is 14.7. The van der Waals surface area contributed by atoms with E-state index in [1.807, 2.05) is 6.26 Å². The average molecular weight is 329 g/mol. The molecule has 7 heteroatoms. The molecule has 1 aromatic heterocycles. The smallest absolute Gasteiger partial charge is 0.189 e.